The number of nitrogens with zero attached hydrogens (tertiary/aromatic N) is 2. The average molecular weight is 230 g/mol. The third-order valence-corrected chi connectivity index (χ3v) is 2.59. The van der Waals surface area contributed by atoms with Crippen LogP contribution in [0.15, 0.2) is 36.5 Å². The van der Waals surface area contributed by atoms with Gasteiger partial charge in [0.1, 0.15) is 5.56 Å². The lowest BCUT2D eigenvalue weighted by Crippen LogP contribution is -2.00. The van der Waals surface area contributed by atoms with Crippen LogP contribution in [0.2, 0.25) is 0 Å². The van der Waals surface area contributed by atoms with E-state index in [2.05, 4.69) is 5.10 Å². The van der Waals surface area contributed by atoms with Gasteiger partial charge in [0.15, 0.2) is 0 Å². The molecule has 0 aliphatic carbocycles. The van der Waals surface area contributed by atoms with Crippen LogP contribution >= 0.6 is 0 Å². The molecular weight excluding hydrogens is 216 g/mol. The van der Waals surface area contributed by atoms with Crippen molar-refractivity contribution in [1.29, 1.82) is 0 Å². The number of aryl methyl sites for hydroxylation is 1. The molecule has 0 unspecified atom stereocenters. The molecule has 0 radical (unpaired) electrons. The van der Waals surface area contributed by atoms with Crippen molar-refractivity contribution >= 4 is 5.97 Å². The summed E-state index contributed by atoms with van der Waals surface area (Å²) in [5.41, 5.74) is 2.03. The first-order chi connectivity index (χ1) is 8.20. The van der Waals surface area contributed by atoms with E-state index in [0.717, 1.165) is 5.56 Å². The van der Waals surface area contributed by atoms with Crippen molar-refractivity contribution < 1.29 is 9.90 Å². The van der Waals surface area contributed by atoms with Gasteiger partial charge >= 0.3 is 5.97 Å². The molecule has 1 N–H and O–H groups in total. The van der Waals surface area contributed by atoms with Crippen molar-refractivity contribution in [3.05, 3.63) is 53.3 Å². The summed E-state index contributed by atoms with van der Waals surface area (Å²) in [6.07, 6.45) is 2.22. The minimum atomic E-state index is -0.916. The van der Waals surface area contributed by atoms with Crippen LogP contribution in [0.25, 0.3) is 0 Å². The van der Waals surface area contributed by atoms with Gasteiger partial charge in [-0.15, -0.1) is 0 Å². The van der Waals surface area contributed by atoms with E-state index in [1.165, 1.54) is 0 Å². The quantitative estimate of drug-likeness (QED) is 0.876. The molecule has 0 saturated carbocycles. The zero-order valence-corrected chi connectivity index (χ0v) is 9.63. The van der Waals surface area contributed by atoms with E-state index in [-0.39, 0.29) is 0 Å². The van der Waals surface area contributed by atoms with Crippen LogP contribution in [-0.2, 0) is 13.0 Å². The maximum absolute atomic E-state index is 11.0. The second-order valence-corrected chi connectivity index (χ2v) is 3.83. The first-order valence-corrected chi connectivity index (χ1v) is 5.54. The van der Waals surface area contributed by atoms with Crippen molar-refractivity contribution in [2.45, 2.75) is 19.9 Å². The molecule has 2 rings (SSSR count). The van der Waals surface area contributed by atoms with Gasteiger partial charge in [0, 0.05) is 6.20 Å². The maximum atomic E-state index is 11.0. The van der Waals surface area contributed by atoms with Crippen molar-refractivity contribution in [3.63, 3.8) is 0 Å². The van der Waals surface area contributed by atoms with E-state index in [1.54, 1.807) is 10.9 Å². The Morgan fingerprint density at radius 1 is 1.35 bits per heavy atom. The van der Waals surface area contributed by atoms with Crippen LogP contribution in [0.1, 0.15) is 28.5 Å². The summed E-state index contributed by atoms with van der Waals surface area (Å²) >= 11 is 0. The van der Waals surface area contributed by atoms with Gasteiger partial charge < -0.3 is 5.11 Å². The Morgan fingerprint density at radius 2 is 2.06 bits per heavy atom. The summed E-state index contributed by atoms with van der Waals surface area (Å²) in [5.74, 6) is -0.916. The molecule has 1 aromatic carbocycles. The molecule has 88 valence electrons. The Labute approximate surface area is 99.5 Å². The normalized spacial score (nSPS) is 10.4. The highest BCUT2D eigenvalue weighted by atomic mass is 16.4. The highest BCUT2D eigenvalue weighted by Gasteiger charge is 2.13. The number of aromatic carboxylic acids is 1. The average Bonchev–Trinajstić information content (AvgIpc) is 2.73. The van der Waals surface area contributed by atoms with E-state index in [1.807, 2.05) is 37.3 Å². The van der Waals surface area contributed by atoms with E-state index in [4.69, 9.17) is 5.11 Å². The fraction of sp³-hybridized carbons (Fsp3) is 0.231. The van der Waals surface area contributed by atoms with Gasteiger partial charge in [-0.3, -0.25) is 4.68 Å². The molecule has 1 heterocycles. The Kier molecular flexibility index (Phi) is 3.23. The van der Waals surface area contributed by atoms with Gasteiger partial charge in [0.25, 0.3) is 0 Å². The number of hydrogen-bond donors (Lipinski definition) is 1. The number of aromatic nitrogens is 2. The zero-order chi connectivity index (χ0) is 12.3. The van der Waals surface area contributed by atoms with Gasteiger partial charge in [-0.2, -0.15) is 5.10 Å². The first-order valence-electron chi connectivity index (χ1n) is 5.54. The van der Waals surface area contributed by atoms with Gasteiger partial charge in [-0.25, -0.2) is 4.79 Å². The van der Waals surface area contributed by atoms with Crippen LogP contribution in [0.5, 0.6) is 0 Å². The number of carbonyl (C=O) groups is 1. The fourth-order valence-electron chi connectivity index (χ4n) is 1.75. The summed E-state index contributed by atoms with van der Waals surface area (Å²) in [6, 6.07) is 9.85. The zero-order valence-electron chi connectivity index (χ0n) is 9.63. The summed E-state index contributed by atoms with van der Waals surface area (Å²) in [5, 5.41) is 13.3. The number of carboxylic acids is 1. The lowest BCUT2D eigenvalue weighted by Gasteiger charge is -2.00. The molecule has 2 aromatic rings. The molecule has 0 aliphatic heterocycles. The van der Waals surface area contributed by atoms with Crippen molar-refractivity contribution in [1.82, 2.24) is 9.78 Å². The Bertz CT molecular complexity index is 517. The van der Waals surface area contributed by atoms with Crippen LogP contribution < -0.4 is 0 Å². The second-order valence-electron chi connectivity index (χ2n) is 3.83. The van der Waals surface area contributed by atoms with Crippen LogP contribution in [-0.4, -0.2) is 20.9 Å². The lowest BCUT2D eigenvalue weighted by atomic mass is 10.2. The highest BCUT2D eigenvalue weighted by molar-refractivity contribution is 5.88. The van der Waals surface area contributed by atoms with Gasteiger partial charge in [-0.05, 0) is 12.0 Å². The van der Waals surface area contributed by atoms with E-state index in [0.29, 0.717) is 24.2 Å². The molecule has 1 aromatic heterocycles. The van der Waals surface area contributed by atoms with Crippen LogP contribution in [0.4, 0.5) is 0 Å². The fourth-order valence-corrected chi connectivity index (χ4v) is 1.75. The van der Waals surface area contributed by atoms with Crippen molar-refractivity contribution in [3.8, 4) is 0 Å². The summed E-state index contributed by atoms with van der Waals surface area (Å²) in [7, 11) is 0. The van der Waals surface area contributed by atoms with E-state index in [9.17, 15) is 4.79 Å². The van der Waals surface area contributed by atoms with E-state index < -0.39 is 5.97 Å². The first kappa shape index (κ1) is 11.4. The Hall–Kier alpha value is -2.10. The topological polar surface area (TPSA) is 55.1 Å². The summed E-state index contributed by atoms with van der Waals surface area (Å²) in [6.45, 7) is 2.50. The molecule has 17 heavy (non-hydrogen) atoms. The molecule has 4 nitrogen and oxygen atoms in total. The van der Waals surface area contributed by atoms with Crippen LogP contribution in [0.3, 0.4) is 0 Å². The predicted octanol–water partition coefficient (Wildman–Crippen LogP) is 2.19. The van der Waals surface area contributed by atoms with Gasteiger partial charge in [0.05, 0.1) is 12.2 Å². The van der Waals surface area contributed by atoms with Crippen molar-refractivity contribution in [2.24, 2.45) is 0 Å². The van der Waals surface area contributed by atoms with Crippen molar-refractivity contribution in [2.75, 3.05) is 0 Å². The highest BCUT2D eigenvalue weighted by Crippen LogP contribution is 2.10. The minimum absolute atomic E-state index is 0.295. The number of benzene rings is 1. The molecule has 4 heteroatoms. The molecule has 0 atom stereocenters. The second kappa shape index (κ2) is 4.82. The number of rotatable bonds is 4. The van der Waals surface area contributed by atoms with Gasteiger partial charge in [-0.1, -0.05) is 37.3 Å². The molecule has 0 saturated heterocycles. The van der Waals surface area contributed by atoms with Gasteiger partial charge in [0.2, 0.25) is 0 Å². The standard InChI is InChI=1S/C13H14N2O2/c1-2-12-11(13(16)17)9-15(14-12)8-10-6-4-3-5-7-10/h3-7,9H,2,8H2,1H3,(H,16,17). The van der Waals surface area contributed by atoms with E-state index >= 15 is 0 Å². The van der Waals surface area contributed by atoms with Crippen LogP contribution in [0, 0.1) is 0 Å². The number of hydrogen-bond acceptors (Lipinski definition) is 2. The monoisotopic (exact) mass is 230 g/mol. The molecule has 0 fully saturated rings. The molecule has 0 aliphatic rings. The smallest absolute Gasteiger partial charge is 0.339 e. The minimum Gasteiger partial charge on any atom is -0.478 e. The SMILES string of the molecule is CCc1nn(Cc2ccccc2)cc1C(=O)O. The maximum Gasteiger partial charge on any atom is 0.339 e. The molecule has 0 spiro atoms. The largest absolute Gasteiger partial charge is 0.478 e. The third kappa shape index (κ3) is 2.53. The Balaban J connectivity index is 2.26. The third-order valence-electron chi connectivity index (χ3n) is 2.59. The summed E-state index contributed by atoms with van der Waals surface area (Å²) < 4.78 is 1.68. The predicted molar refractivity (Wildman–Crippen MR) is 64.1 cm³/mol. The molecule has 0 bridgehead atoms. The molecular formula is C13H14N2O2. The number of carboxylic acid groups (broad SMARTS) is 1. The molecule has 0 amide bonds. The Morgan fingerprint density at radius 3 is 2.59 bits per heavy atom. The lowest BCUT2D eigenvalue weighted by molar-refractivity contribution is 0.0695. The summed E-state index contributed by atoms with van der Waals surface area (Å²) in [4.78, 5) is 11.0.